The standard InChI is InChI=1S/C31H28F6N4O2.C12H17F3N2O2.C10H13F3N2O2.C4H8O/c1-30(2,3)27-15-26(31(35,36)37)40-41(27)16-22(42)12-19(9-17-10-20(32)14-21(33)11-17)28-23(5-4-8-39-28)18-6-7-25(34)24(13-18)29(38)43;1-5-19-10(18)7-17-9(11(2,3)4)6-8(16-17)12(13,14)15;1-9(2,3)7-4-6(10(11,12)13)14-15(7)5-8(16)17;1-2-4-5-3-1/h4-8,10-11,13-15,19H,9,12,16H2,1-3H3,(H2,38,43);6H,5,7H2,1-4H3;4H,5H2,1-3H3,(H,16,17);1-4H2/t19-;;;/m1.../s1. The smallest absolute Gasteiger partial charge is 0.435 e. The molecule has 0 unspecified atom stereocenters. The highest BCUT2D eigenvalue weighted by atomic mass is 19.4. The summed E-state index contributed by atoms with van der Waals surface area (Å²) < 4.78 is 171. The molecule has 460 valence electrons. The first-order valence-electron chi connectivity index (χ1n) is 26.0. The number of primary amides is 1. The number of Topliss-reactive ketones (excluding diaryl/α,β-unsaturated/α-hetero) is 1. The van der Waals surface area contributed by atoms with Crippen LogP contribution in [-0.2, 0) is 84.7 Å². The molecule has 7 rings (SSSR count). The van der Waals surface area contributed by atoms with E-state index in [1.807, 2.05) is 0 Å². The number of rotatable bonds is 14. The number of alkyl halides is 9. The number of hydrogen-bond acceptors (Lipinski definition) is 10. The lowest BCUT2D eigenvalue weighted by Crippen LogP contribution is -2.23. The number of ketones is 1. The van der Waals surface area contributed by atoms with E-state index in [0.29, 0.717) is 22.9 Å². The topological polar surface area (TPSA) is 199 Å². The SMILES string of the molecule is C1CCOC1.CC(C)(C)c1cc(C(F)(F)F)nn1CC(=O)C[C@@H](Cc1cc(F)cc(F)c1)c1ncccc1-c1ccc(F)c(C(N)=O)c1.CC(C)(C)c1cc(C(F)(F)F)nn1CC(=O)O.CCOC(=O)Cn1nc(C(F)(F)F)cc1C(C)(C)C. The van der Waals surface area contributed by atoms with Crippen molar-refractivity contribution in [3.05, 3.63) is 141 Å². The van der Waals surface area contributed by atoms with Gasteiger partial charge in [-0.1, -0.05) is 74.4 Å². The van der Waals surface area contributed by atoms with Gasteiger partial charge in [0.1, 0.15) is 30.5 Å². The Kier molecular flexibility index (Phi) is 22.9. The molecule has 27 heteroatoms. The number of amides is 1. The zero-order valence-electron chi connectivity index (χ0n) is 47.7. The highest BCUT2D eigenvalue weighted by Gasteiger charge is 2.39. The van der Waals surface area contributed by atoms with Gasteiger partial charge in [0, 0.05) is 76.7 Å². The number of nitrogens with two attached hydrogens (primary N) is 1. The third-order valence-corrected chi connectivity index (χ3v) is 12.2. The number of carboxylic acids is 1. The summed E-state index contributed by atoms with van der Waals surface area (Å²) in [5, 5.41) is 19.0. The summed E-state index contributed by atoms with van der Waals surface area (Å²) in [5.74, 6) is -6.69. The predicted octanol–water partition coefficient (Wildman–Crippen LogP) is 12.6. The largest absolute Gasteiger partial charge is 0.480 e. The van der Waals surface area contributed by atoms with Crippen molar-refractivity contribution in [3.63, 3.8) is 0 Å². The average molecular weight is 1200 g/mol. The Morgan fingerprint density at radius 1 is 0.643 bits per heavy atom. The number of carboxylic acid groups (broad SMARTS) is 1. The van der Waals surface area contributed by atoms with Gasteiger partial charge < -0.3 is 20.3 Å². The second kappa shape index (κ2) is 27.9. The van der Waals surface area contributed by atoms with Crippen LogP contribution in [0.3, 0.4) is 0 Å². The van der Waals surface area contributed by atoms with Crippen LogP contribution in [0.1, 0.15) is 150 Å². The lowest BCUT2D eigenvalue weighted by Gasteiger charge is -2.22. The van der Waals surface area contributed by atoms with E-state index in [4.69, 9.17) is 20.3 Å². The molecule has 6 aromatic rings. The van der Waals surface area contributed by atoms with Crippen molar-refractivity contribution >= 4 is 23.6 Å². The number of ether oxygens (including phenoxy) is 2. The molecule has 1 aliphatic heterocycles. The van der Waals surface area contributed by atoms with Crippen molar-refractivity contribution in [2.24, 2.45) is 5.73 Å². The fourth-order valence-electron chi connectivity index (χ4n) is 8.46. The van der Waals surface area contributed by atoms with Crippen LogP contribution >= 0.6 is 0 Å². The van der Waals surface area contributed by atoms with Crippen LogP contribution in [0.4, 0.5) is 52.7 Å². The molecule has 2 aromatic carbocycles. The maximum atomic E-state index is 14.2. The summed E-state index contributed by atoms with van der Waals surface area (Å²) in [6, 6.07) is 12.5. The molecular formula is C57H66F12N8O7. The summed E-state index contributed by atoms with van der Waals surface area (Å²) in [7, 11) is 0. The van der Waals surface area contributed by atoms with Gasteiger partial charge in [-0.15, -0.1) is 0 Å². The third kappa shape index (κ3) is 20.3. The van der Waals surface area contributed by atoms with Crippen molar-refractivity contribution in [2.45, 2.75) is 155 Å². The number of hydrogen-bond donors (Lipinski definition) is 2. The third-order valence-electron chi connectivity index (χ3n) is 12.2. The van der Waals surface area contributed by atoms with Gasteiger partial charge >= 0.3 is 30.5 Å². The molecule has 0 aliphatic carbocycles. The number of pyridine rings is 1. The summed E-state index contributed by atoms with van der Waals surface area (Å²) in [6.07, 6.45) is -10.2. The van der Waals surface area contributed by atoms with E-state index in [9.17, 15) is 71.9 Å². The minimum absolute atomic E-state index is 0.0761. The van der Waals surface area contributed by atoms with Crippen LogP contribution in [0.5, 0.6) is 0 Å². The zero-order chi connectivity index (χ0) is 63.5. The monoisotopic (exact) mass is 1200 g/mol. The van der Waals surface area contributed by atoms with Gasteiger partial charge in [-0.05, 0) is 85.8 Å². The molecule has 3 N–H and O–H groups in total. The maximum absolute atomic E-state index is 14.2. The number of esters is 1. The van der Waals surface area contributed by atoms with Crippen LogP contribution in [0, 0.1) is 17.5 Å². The molecule has 1 aliphatic rings. The van der Waals surface area contributed by atoms with Gasteiger partial charge in [-0.2, -0.15) is 54.8 Å². The van der Waals surface area contributed by atoms with E-state index in [0.717, 1.165) is 63.7 Å². The number of benzene rings is 2. The van der Waals surface area contributed by atoms with E-state index >= 15 is 0 Å². The van der Waals surface area contributed by atoms with Gasteiger partial charge in [0.05, 0.1) is 24.4 Å². The van der Waals surface area contributed by atoms with Gasteiger partial charge in [-0.3, -0.25) is 38.2 Å². The number of carbonyl (C=O) groups excluding carboxylic acids is 3. The van der Waals surface area contributed by atoms with Crippen molar-refractivity contribution in [1.82, 2.24) is 34.3 Å². The number of halogens is 12. The van der Waals surface area contributed by atoms with Crippen molar-refractivity contribution in [1.29, 1.82) is 0 Å². The Hall–Kier alpha value is -7.58. The van der Waals surface area contributed by atoms with Crippen LogP contribution < -0.4 is 5.73 Å². The number of aromatic nitrogens is 7. The Morgan fingerprint density at radius 3 is 1.49 bits per heavy atom. The minimum Gasteiger partial charge on any atom is -0.480 e. The van der Waals surface area contributed by atoms with E-state index in [-0.39, 0.29) is 54.2 Å². The fraction of sp³-hybridized carbons (Fsp3) is 0.474. The van der Waals surface area contributed by atoms with E-state index < -0.39 is 112 Å². The molecule has 0 radical (unpaired) electrons. The van der Waals surface area contributed by atoms with Gasteiger partial charge in [-0.25, -0.2) is 13.2 Å². The van der Waals surface area contributed by atoms with Crippen LogP contribution in [0.2, 0.25) is 0 Å². The van der Waals surface area contributed by atoms with Crippen LogP contribution in [0.25, 0.3) is 11.1 Å². The van der Waals surface area contributed by atoms with Gasteiger partial charge in [0.25, 0.3) is 5.91 Å². The van der Waals surface area contributed by atoms with Crippen molar-refractivity contribution in [3.8, 4) is 11.1 Å². The molecular weight excluding hydrogens is 1140 g/mol. The Bertz CT molecular complexity index is 3200. The molecule has 0 bridgehead atoms. The first-order chi connectivity index (χ1) is 38.6. The maximum Gasteiger partial charge on any atom is 0.435 e. The minimum atomic E-state index is -4.72. The molecule has 84 heavy (non-hydrogen) atoms. The Morgan fingerprint density at radius 2 is 1.10 bits per heavy atom. The highest BCUT2D eigenvalue weighted by Crippen LogP contribution is 2.37. The molecule has 5 heterocycles. The number of nitrogens with zero attached hydrogens (tertiary/aromatic N) is 7. The summed E-state index contributed by atoms with van der Waals surface area (Å²) >= 11 is 0. The Labute approximate surface area is 476 Å². The first-order valence-corrected chi connectivity index (χ1v) is 26.0. The quantitative estimate of drug-likeness (QED) is 0.0777. The fourth-order valence-corrected chi connectivity index (χ4v) is 8.46. The number of aliphatic carboxylic acids is 1. The van der Waals surface area contributed by atoms with E-state index in [1.165, 1.54) is 31.2 Å². The summed E-state index contributed by atoms with van der Waals surface area (Å²) in [6.45, 7) is 17.8. The van der Waals surface area contributed by atoms with E-state index in [2.05, 4.69) is 20.3 Å². The Balaban J connectivity index is 0.000000301. The summed E-state index contributed by atoms with van der Waals surface area (Å²) in [4.78, 5) is 51.6. The van der Waals surface area contributed by atoms with Gasteiger partial charge in [0.2, 0.25) is 0 Å². The van der Waals surface area contributed by atoms with Crippen molar-refractivity contribution < 1.29 is 86.4 Å². The predicted molar refractivity (Wildman–Crippen MR) is 283 cm³/mol. The van der Waals surface area contributed by atoms with Crippen LogP contribution in [-0.4, -0.2) is 82.9 Å². The zero-order valence-corrected chi connectivity index (χ0v) is 47.7. The number of carbonyl (C=O) groups is 4. The van der Waals surface area contributed by atoms with Crippen molar-refractivity contribution in [2.75, 3.05) is 19.8 Å². The lowest BCUT2D eigenvalue weighted by atomic mass is 9.86. The average Bonchev–Trinajstić information content (AvgIpc) is 3.28. The second-order valence-corrected chi connectivity index (χ2v) is 22.4. The first kappa shape index (κ1) is 68.9. The van der Waals surface area contributed by atoms with Gasteiger partial charge in [0.15, 0.2) is 22.9 Å². The molecule has 1 fully saturated rings. The molecule has 1 saturated heterocycles. The normalized spacial score (nSPS) is 13.4. The lowest BCUT2D eigenvalue weighted by molar-refractivity contribution is -0.146. The second-order valence-electron chi connectivity index (χ2n) is 22.4. The molecule has 0 saturated carbocycles. The van der Waals surface area contributed by atoms with E-state index in [1.54, 1.807) is 81.4 Å². The molecule has 15 nitrogen and oxygen atoms in total. The van der Waals surface area contributed by atoms with Crippen LogP contribution in [0.15, 0.2) is 72.9 Å². The molecule has 1 atom stereocenters. The molecule has 1 amide bonds. The highest BCUT2D eigenvalue weighted by molar-refractivity contribution is 5.94. The summed E-state index contributed by atoms with van der Waals surface area (Å²) in [5.41, 5.74) is 1.82. The molecule has 4 aromatic heterocycles. The molecule has 0 spiro atoms.